The third-order valence-electron chi connectivity index (χ3n) is 5.60. The zero-order valence-corrected chi connectivity index (χ0v) is 18.6. The number of nitrogens with zero attached hydrogens (tertiary/aromatic N) is 5. The molecule has 8 nitrogen and oxygen atoms in total. The van der Waals surface area contributed by atoms with Crippen molar-refractivity contribution in [2.45, 2.75) is 38.8 Å². The maximum atomic E-state index is 14.9. The lowest BCUT2D eigenvalue weighted by atomic mass is 10.0. The normalized spacial score (nSPS) is 18.4. The molecule has 1 atom stereocenters. The van der Waals surface area contributed by atoms with Crippen molar-refractivity contribution in [1.82, 2.24) is 25.7 Å². The van der Waals surface area contributed by atoms with Gasteiger partial charge < -0.3 is 20.1 Å². The lowest BCUT2D eigenvalue weighted by molar-refractivity contribution is 0.357. The Morgan fingerprint density at radius 1 is 1.16 bits per heavy atom. The summed E-state index contributed by atoms with van der Waals surface area (Å²) >= 11 is 0. The van der Waals surface area contributed by atoms with Crippen LogP contribution in [0.2, 0.25) is 0 Å². The van der Waals surface area contributed by atoms with E-state index in [1.807, 2.05) is 6.07 Å². The van der Waals surface area contributed by atoms with Crippen molar-refractivity contribution in [2.24, 2.45) is 0 Å². The van der Waals surface area contributed by atoms with E-state index in [1.165, 1.54) is 25.4 Å². The van der Waals surface area contributed by atoms with E-state index in [4.69, 9.17) is 4.74 Å². The molecule has 1 aliphatic heterocycles. The largest absolute Gasteiger partial charge is 0.507 e. The smallest absolute Gasteiger partial charge is 0.233 e. The molecule has 3 aromatic rings. The molecule has 0 aliphatic carbocycles. The summed E-state index contributed by atoms with van der Waals surface area (Å²) in [7, 11) is 1.45. The van der Waals surface area contributed by atoms with Crippen molar-refractivity contribution in [3.05, 3.63) is 42.3 Å². The molecule has 1 aliphatic rings. The van der Waals surface area contributed by atoms with Gasteiger partial charge >= 0.3 is 0 Å². The van der Waals surface area contributed by atoms with Gasteiger partial charge in [0, 0.05) is 47.4 Å². The Bertz CT molecular complexity index is 1110. The van der Waals surface area contributed by atoms with Gasteiger partial charge in [0.25, 0.3) is 0 Å². The first-order chi connectivity index (χ1) is 15.3. The second kappa shape index (κ2) is 8.66. The lowest BCUT2D eigenvalue weighted by Crippen LogP contribution is -2.48. The Labute approximate surface area is 186 Å². The quantitative estimate of drug-likeness (QED) is 0.604. The third kappa shape index (κ3) is 4.47. The number of phenols is 1. The van der Waals surface area contributed by atoms with Crippen LogP contribution >= 0.6 is 0 Å². The number of hydrogen-bond donors (Lipinski definition) is 2. The molecule has 0 amide bonds. The highest BCUT2D eigenvalue weighted by molar-refractivity contribution is 5.75. The number of rotatable bonds is 6. The van der Waals surface area contributed by atoms with Gasteiger partial charge in [0.05, 0.1) is 19.0 Å². The number of halogens is 1. The van der Waals surface area contributed by atoms with E-state index in [2.05, 4.69) is 51.4 Å². The summed E-state index contributed by atoms with van der Waals surface area (Å²) in [6.07, 6.45) is 2.42. The van der Waals surface area contributed by atoms with E-state index < -0.39 is 5.82 Å². The monoisotopic (exact) mass is 438 g/mol. The van der Waals surface area contributed by atoms with E-state index in [1.54, 1.807) is 12.1 Å². The summed E-state index contributed by atoms with van der Waals surface area (Å²) in [5.74, 6) is 0.394. The SMILES string of the molecule is COc1cc(-c2cc(O)c(-c3ccc(N4CCC(C)(NC(C)C)C4)nn3)cc2F)cnn1. The highest BCUT2D eigenvalue weighted by atomic mass is 19.1. The molecule has 1 saturated heterocycles. The zero-order chi connectivity index (χ0) is 22.9. The van der Waals surface area contributed by atoms with Gasteiger partial charge in [0.1, 0.15) is 11.6 Å². The number of benzene rings is 1. The zero-order valence-electron chi connectivity index (χ0n) is 18.6. The molecule has 0 saturated carbocycles. The first kappa shape index (κ1) is 21.9. The fourth-order valence-corrected chi connectivity index (χ4v) is 4.19. The van der Waals surface area contributed by atoms with Crippen molar-refractivity contribution < 1.29 is 14.2 Å². The summed E-state index contributed by atoms with van der Waals surface area (Å²) in [5, 5.41) is 30.4. The van der Waals surface area contributed by atoms with Crippen LogP contribution in [0.4, 0.5) is 10.2 Å². The topological polar surface area (TPSA) is 96.3 Å². The van der Waals surface area contributed by atoms with E-state index >= 15 is 0 Å². The fraction of sp³-hybridized carbons (Fsp3) is 0.391. The summed E-state index contributed by atoms with van der Waals surface area (Å²) in [5.41, 5.74) is 1.33. The maximum absolute atomic E-state index is 14.9. The van der Waals surface area contributed by atoms with E-state index in [0.29, 0.717) is 17.3 Å². The number of phenolic OH excluding ortho intramolecular Hbond substituents is 1. The van der Waals surface area contributed by atoms with Gasteiger partial charge in [-0.15, -0.1) is 15.3 Å². The van der Waals surface area contributed by atoms with Crippen LogP contribution in [0.1, 0.15) is 27.2 Å². The number of nitrogens with one attached hydrogen (secondary N) is 1. The fourth-order valence-electron chi connectivity index (χ4n) is 4.19. The molecule has 4 rings (SSSR count). The second-order valence-electron chi connectivity index (χ2n) is 8.64. The third-order valence-corrected chi connectivity index (χ3v) is 5.60. The van der Waals surface area contributed by atoms with Crippen LogP contribution in [0.5, 0.6) is 11.6 Å². The standard InChI is InChI=1S/C23H27FN6O2/c1-14(2)26-23(3)7-8-30(13-23)21-6-5-19(27-28-21)17-10-18(24)16(11-20(17)31)15-9-22(32-4)29-25-12-15/h5-6,9-12,14,26,31H,7-8,13H2,1-4H3. The van der Waals surface area contributed by atoms with Crippen molar-refractivity contribution in [1.29, 1.82) is 0 Å². The molecular weight excluding hydrogens is 411 g/mol. The van der Waals surface area contributed by atoms with E-state index in [-0.39, 0.29) is 28.3 Å². The van der Waals surface area contributed by atoms with Gasteiger partial charge in [-0.2, -0.15) is 5.10 Å². The predicted octanol–water partition coefficient (Wildman–Crippen LogP) is 3.42. The van der Waals surface area contributed by atoms with Gasteiger partial charge in [-0.3, -0.25) is 0 Å². The highest BCUT2D eigenvalue weighted by Crippen LogP contribution is 2.35. The first-order valence-corrected chi connectivity index (χ1v) is 10.5. The molecule has 1 aromatic carbocycles. The number of aromatic hydroxyl groups is 1. The minimum atomic E-state index is -0.520. The second-order valence-corrected chi connectivity index (χ2v) is 8.64. The Kier molecular flexibility index (Phi) is 5.92. The number of anilines is 1. The Balaban J connectivity index is 1.56. The van der Waals surface area contributed by atoms with Gasteiger partial charge in [-0.25, -0.2) is 4.39 Å². The Morgan fingerprint density at radius 2 is 1.97 bits per heavy atom. The van der Waals surface area contributed by atoms with Crippen molar-refractivity contribution >= 4 is 5.82 Å². The molecule has 1 fully saturated rings. The minimum absolute atomic E-state index is 0.0240. The van der Waals surface area contributed by atoms with Gasteiger partial charge in [-0.1, -0.05) is 13.8 Å². The van der Waals surface area contributed by atoms with Crippen LogP contribution in [0.3, 0.4) is 0 Å². The van der Waals surface area contributed by atoms with Gasteiger partial charge in [0.2, 0.25) is 5.88 Å². The maximum Gasteiger partial charge on any atom is 0.233 e. The molecule has 3 heterocycles. The van der Waals surface area contributed by atoms with Crippen molar-refractivity contribution in [3.63, 3.8) is 0 Å². The summed E-state index contributed by atoms with van der Waals surface area (Å²) in [6, 6.07) is 8.15. The molecule has 0 bridgehead atoms. The number of ether oxygens (including phenoxy) is 1. The highest BCUT2D eigenvalue weighted by Gasteiger charge is 2.34. The molecule has 1 unspecified atom stereocenters. The van der Waals surface area contributed by atoms with Gasteiger partial charge in [0.15, 0.2) is 5.82 Å². The molecule has 0 radical (unpaired) electrons. The number of aromatic nitrogens is 4. The van der Waals surface area contributed by atoms with Gasteiger partial charge in [-0.05, 0) is 37.6 Å². The lowest BCUT2D eigenvalue weighted by Gasteiger charge is -2.28. The molecular formula is C23H27FN6O2. The van der Waals surface area contributed by atoms with Crippen LogP contribution in [-0.4, -0.2) is 57.3 Å². The van der Waals surface area contributed by atoms with Crippen LogP contribution in [0.25, 0.3) is 22.4 Å². The molecule has 0 spiro atoms. The van der Waals surface area contributed by atoms with Crippen LogP contribution in [0, 0.1) is 5.82 Å². The minimum Gasteiger partial charge on any atom is -0.507 e. The van der Waals surface area contributed by atoms with E-state index in [0.717, 1.165) is 25.3 Å². The number of methoxy groups -OCH3 is 1. The molecule has 32 heavy (non-hydrogen) atoms. The first-order valence-electron chi connectivity index (χ1n) is 10.5. The molecule has 9 heteroatoms. The Morgan fingerprint density at radius 3 is 2.66 bits per heavy atom. The molecule has 2 aromatic heterocycles. The molecule has 2 N–H and O–H groups in total. The number of hydrogen-bond acceptors (Lipinski definition) is 8. The summed E-state index contributed by atoms with van der Waals surface area (Å²) in [4.78, 5) is 2.18. The predicted molar refractivity (Wildman–Crippen MR) is 120 cm³/mol. The van der Waals surface area contributed by atoms with Crippen LogP contribution in [-0.2, 0) is 0 Å². The summed E-state index contributed by atoms with van der Waals surface area (Å²) in [6.45, 7) is 8.20. The molecule has 168 valence electrons. The van der Waals surface area contributed by atoms with Crippen molar-refractivity contribution in [2.75, 3.05) is 25.1 Å². The van der Waals surface area contributed by atoms with Crippen molar-refractivity contribution in [3.8, 4) is 34.0 Å². The van der Waals surface area contributed by atoms with Crippen LogP contribution < -0.4 is 15.0 Å². The Hall–Kier alpha value is -3.33. The summed E-state index contributed by atoms with van der Waals surface area (Å²) < 4.78 is 19.9. The average molecular weight is 439 g/mol. The van der Waals surface area contributed by atoms with Crippen LogP contribution in [0.15, 0.2) is 36.5 Å². The van der Waals surface area contributed by atoms with E-state index in [9.17, 15) is 9.50 Å². The average Bonchev–Trinajstić information content (AvgIpc) is 3.16.